The second kappa shape index (κ2) is 37.6. The zero-order valence-corrected chi connectivity index (χ0v) is 71.4. The van der Waals surface area contributed by atoms with Crippen LogP contribution in [0.1, 0.15) is 80.4 Å². The van der Waals surface area contributed by atoms with Crippen molar-refractivity contribution in [3.8, 4) is 118 Å². The maximum atomic E-state index is 10.5. The number of nitrogens with one attached hydrogen (secondary N) is 2. The number of rotatable bonds is 24. The standard InChI is InChI=1S/C28H31N3O3.C25H25N3O2.C25H27N3O.C25H24N2O3/c1-21(2)34-26-10-5-23(6-11-26)27-19-29-28-12-7-24(20-31(27)28)22-3-8-25(9-4-22)33-18-15-30-13-16-32-17-14-30;1-17(2)30-22-10-5-19(6-11-22)23-13-27-24-12-7-20(14-28(23)24)18-3-8-21(9-4-18)25(29)15-26-16-25;1-17(2)27-22-10-5-19(6-11-22)21-9-14-25-26-15-24(28(25)16-21)20-7-12-23(13-8-20)29-18(3)4;1-17(2)30-22-10-5-19(6-11-22)23-13-26-24-12-7-20(14-27(23)24)18-3-8-21(9-4-18)25(28)15-29-16-25/h3-12,19-21H,13-18H2,1-2H3;3-14,17,26,29H,15-16H2,1-2H3;5-18,27H,1-4H3;3-14,17,28H,15-16H2,1-2H3. The number of fused-ring (bicyclic) bond motifs is 4. The van der Waals surface area contributed by atoms with E-state index in [0.717, 1.165) is 185 Å². The Bertz CT molecular complexity index is 5980. The number of morpholine rings is 1. The predicted octanol–water partition coefficient (Wildman–Crippen LogP) is 20.4. The van der Waals surface area contributed by atoms with Crippen LogP contribution >= 0.6 is 0 Å². The molecule has 8 aromatic carbocycles. The predicted molar refractivity (Wildman–Crippen MR) is 490 cm³/mol. The van der Waals surface area contributed by atoms with Gasteiger partial charge < -0.3 is 54.0 Å². The number of nitrogens with zero attached hydrogens (tertiary/aromatic N) is 9. The topological polar surface area (TPSA) is 202 Å². The van der Waals surface area contributed by atoms with Gasteiger partial charge in [-0.05, 0) is 295 Å². The first kappa shape index (κ1) is 83.7. The lowest BCUT2D eigenvalue weighted by Gasteiger charge is -2.38. The van der Waals surface area contributed by atoms with E-state index < -0.39 is 11.2 Å². The number of anilines is 1. The molecule has 123 heavy (non-hydrogen) atoms. The molecule has 8 aromatic heterocycles. The first-order valence-corrected chi connectivity index (χ1v) is 42.5. The number of imidazole rings is 4. The van der Waals surface area contributed by atoms with Gasteiger partial charge in [0.15, 0.2) is 0 Å². The molecule has 0 unspecified atom stereocenters. The van der Waals surface area contributed by atoms with Gasteiger partial charge >= 0.3 is 0 Å². The number of hydrogen-bond acceptors (Lipinski definition) is 16. The van der Waals surface area contributed by atoms with Crippen molar-refractivity contribution >= 4 is 28.3 Å². The molecule has 628 valence electrons. The maximum Gasteiger partial charge on any atom is 0.137 e. The fourth-order valence-corrected chi connectivity index (χ4v) is 15.3. The third kappa shape index (κ3) is 20.2. The van der Waals surface area contributed by atoms with E-state index >= 15 is 0 Å². The summed E-state index contributed by atoms with van der Waals surface area (Å²) in [5.41, 5.74) is 22.6. The number of β-amino-alcohol motifs (C(OH)–C–C–N with tert-alkyl or cyclic N) is 1. The molecule has 3 aliphatic rings. The van der Waals surface area contributed by atoms with Crippen LogP contribution in [0.25, 0.3) is 112 Å². The lowest BCUT2D eigenvalue weighted by atomic mass is 9.87. The molecule has 20 nitrogen and oxygen atoms in total. The van der Waals surface area contributed by atoms with E-state index in [1.807, 2.05) is 189 Å². The number of ether oxygens (including phenoxy) is 7. The second-order valence-electron chi connectivity index (χ2n) is 32.9. The Morgan fingerprint density at radius 3 is 0.911 bits per heavy atom. The van der Waals surface area contributed by atoms with Crippen LogP contribution in [0, 0.1) is 0 Å². The molecule has 3 fully saturated rings. The summed E-state index contributed by atoms with van der Waals surface area (Å²) >= 11 is 0. The summed E-state index contributed by atoms with van der Waals surface area (Å²) in [6.45, 7) is 27.6. The van der Waals surface area contributed by atoms with Crippen molar-refractivity contribution in [3.05, 3.63) is 303 Å². The Morgan fingerprint density at radius 2 is 0.626 bits per heavy atom. The van der Waals surface area contributed by atoms with E-state index in [9.17, 15) is 10.2 Å². The van der Waals surface area contributed by atoms with Gasteiger partial charge in [-0.15, -0.1) is 0 Å². The highest BCUT2D eigenvalue weighted by Gasteiger charge is 2.38. The molecule has 0 aliphatic carbocycles. The van der Waals surface area contributed by atoms with Gasteiger partial charge in [-0.3, -0.25) is 22.5 Å². The monoisotopic (exact) mass is 1640 g/mol. The van der Waals surface area contributed by atoms with Gasteiger partial charge in [-0.25, -0.2) is 19.9 Å². The van der Waals surface area contributed by atoms with E-state index in [1.165, 1.54) is 5.56 Å². The number of aromatic nitrogens is 8. The lowest BCUT2D eigenvalue weighted by molar-refractivity contribution is -0.184. The van der Waals surface area contributed by atoms with E-state index in [1.54, 1.807) is 0 Å². The molecule has 16 aromatic rings. The summed E-state index contributed by atoms with van der Waals surface area (Å²) in [7, 11) is 0. The van der Waals surface area contributed by atoms with Crippen molar-refractivity contribution in [2.45, 2.75) is 111 Å². The minimum atomic E-state index is -0.842. The zero-order valence-electron chi connectivity index (χ0n) is 71.4. The van der Waals surface area contributed by atoms with Crippen LogP contribution in [0.15, 0.2) is 292 Å². The Morgan fingerprint density at radius 1 is 0.341 bits per heavy atom. The maximum absolute atomic E-state index is 10.5. The van der Waals surface area contributed by atoms with Crippen LogP contribution in [0.2, 0.25) is 0 Å². The average Bonchev–Trinajstić information content (AvgIpc) is 1.76. The van der Waals surface area contributed by atoms with Crippen LogP contribution in [0.3, 0.4) is 0 Å². The molecule has 0 bridgehead atoms. The summed E-state index contributed by atoms with van der Waals surface area (Å²) in [6, 6.07) is 82.7. The zero-order chi connectivity index (χ0) is 85.1. The first-order valence-electron chi connectivity index (χ1n) is 42.5. The summed E-state index contributed by atoms with van der Waals surface area (Å²) < 4.78 is 48.1. The molecule has 0 amide bonds. The van der Waals surface area contributed by atoms with Crippen molar-refractivity contribution in [3.63, 3.8) is 0 Å². The van der Waals surface area contributed by atoms with Crippen molar-refractivity contribution in [2.24, 2.45) is 0 Å². The molecule has 0 spiro atoms. The fourth-order valence-electron chi connectivity index (χ4n) is 15.3. The van der Waals surface area contributed by atoms with Gasteiger partial charge in [0.2, 0.25) is 0 Å². The molecule has 0 saturated carbocycles. The molecule has 3 aliphatic heterocycles. The molecule has 19 rings (SSSR count). The largest absolute Gasteiger partial charge is 0.492 e. The van der Waals surface area contributed by atoms with Gasteiger partial charge in [-0.2, -0.15) is 0 Å². The molecule has 3 saturated heterocycles. The number of hydrogen-bond donors (Lipinski definition) is 4. The van der Waals surface area contributed by atoms with Crippen LogP contribution < -0.4 is 34.3 Å². The lowest BCUT2D eigenvalue weighted by Crippen LogP contribution is -2.56. The summed E-state index contributed by atoms with van der Waals surface area (Å²) in [4.78, 5) is 20.6. The molecule has 11 heterocycles. The summed E-state index contributed by atoms with van der Waals surface area (Å²) in [6.07, 6.45) is 16.8. The van der Waals surface area contributed by atoms with Gasteiger partial charge in [0, 0.05) is 91.5 Å². The Balaban J connectivity index is 0.000000122. The second-order valence-corrected chi connectivity index (χ2v) is 32.9. The Hall–Kier alpha value is -12.9. The highest BCUT2D eigenvalue weighted by atomic mass is 16.5. The Kier molecular flexibility index (Phi) is 25.6. The number of aliphatic hydroxyl groups is 2. The normalized spacial score (nSPS) is 14.2. The highest BCUT2D eigenvalue weighted by molar-refractivity contribution is 5.75. The third-order valence-electron chi connectivity index (χ3n) is 21.8. The summed E-state index contributed by atoms with van der Waals surface area (Å²) in [5, 5.41) is 27.5. The van der Waals surface area contributed by atoms with E-state index in [-0.39, 0.29) is 24.4 Å². The van der Waals surface area contributed by atoms with E-state index in [0.29, 0.717) is 39.0 Å². The van der Waals surface area contributed by atoms with Crippen molar-refractivity contribution in [1.82, 2.24) is 47.8 Å². The van der Waals surface area contributed by atoms with Crippen molar-refractivity contribution in [2.75, 3.05) is 71.1 Å². The van der Waals surface area contributed by atoms with Crippen molar-refractivity contribution in [1.29, 1.82) is 0 Å². The first-order chi connectivity index (χ1) is 59.7. The molecular formula is C103H107N11O9. The van der Waals surface area contributed by atoms with E-state index in [4.69, 9.17) is 33.2 Å². The molecular weight excluding hydrogens is 1540 g/mol. The van der Waals surface area contributed by atoms with E-state index in [2.05, 4.69) is 225 Å². The van der Waals surface area contributed by atoms with Crippen LogP contribution in [0.4, 0.5) is 5.69 Å². The minimum absolute atomic E-state index is 0.151. The average molecular weight is 1640 g/mol. The molecule has 0 radical (unpaired) electrons. The smallest absolute Gasteiger partial charge is 0.137 e. The molecule has 20 heteroatoms. The number of pyridine rings is 4. The van der Waals surface area contributed by atoms with Crippen molar-refractivity contribution < 1.29 is 43.4 Å². The molecule has 4 N–H and O–H groups in total. The summed E-state index contributed by atoms with van der Waals surface area (Å²) in [5.74, 6) is 4.38. The van der Waals surface area contributed by atoms with Gasteiger partial charge in [0.05, 0.1) is 98.4 Å². The minimum Gasteiger partial charge on any atom is -0.492 e. The van der Waals surface area contributed by atoms with Gasteiger partial charge in [0.1, 0.15) is 69.1 Å². The molecule has 0 atom stereocenters. The SMILES string of the molecule is CC(C)Nc1ccc(-c2ccc3ncc(-c4ccc(OC(C)C)cc4)n3c2)cc1.CC(C)Oc1ccc(-c2cnc3ccc(-c4ccc(C5(O)CNC5)cc4)cn23)cc1.CC(C)Oc1ccc(-c2cnc3ccc(-c4ccc(C5(O)COC5)cc4)cn23)cc1.CC(C)Oc1ccc(-c2cnc3ccc(-c4ccc(OCCN5CCOCC5)cc4)cn23)cc1. The van der Waals surface area contributed by atoms with Gasteiger partial charge in [-0.1, -0.05) is 72.8 Å². The third-order valence-corrected chi connectivity index (χ3v) is 21.8. The fraction of sp³-hybridized carbons (Fsp3) is 0.262. The number of benzene rings is 8. The highest BCUT2D eigenvalue weighted by Crippen LogP contribution is 2.37. The van der Waals surface area contributed by atoms with Crippen LogP contribution in [0.5, 0.6) is 28.7 Å². The Labute approximate surface area is 719 Å². The van der Waals surface area contributed by atoms with Gasteiger partial charge in [0.25, 0.3) is 0 Å². The van der Waals surface area contributed by atoms with Crippen LogP contribution in [-0.4, -0.2) is 149 Å². The van der Waals surface area contributed by atoms with Crippen LogP contribution in [-0.2, 0) is 20.7 Å². The quantitative estimate of drug-likeness (QED) is 0.0445.